The Morgan fingerprint density at radius 1 is 1.36 bits per heavy atom. The summed E-state index contributed by atoms with van der Waals surface area (Å²) in [5.74, 6) is -0.265. The molecule has 25 heavy (non-hydrogen) atoms. The van der Waals surface area contributed by atoms with E-state index in [9.17, 15) is 15.2 Å². The molecule has 2 aromatic rings. The molecule has 1 unspecified atom stereocenters. The van der Waals surface area contributed by atoms with Crippen molar-refractivity contribution in [3.05, 3.63) is 63.6 Å². The van der Waals surface area contributed by atoms with Crippen LogP contribution in [0.1, 0.15) is 24.1 Å². The fourth-order valence-electron chi connectivity index (χ4n) is 2.25. The van der Waals surface area contributed by atoms with E-state index in [-0.39, 0.29) is 23.1 Å². The van der Waals surface area contributed by atoms with Gasteiger partial charge in [0.2, 0.25) is 0 Å². The molecule has 0 aromatic heterocycles. The summed E-state index contributed by atoms with van der Waals surface area (Å²) in [5.41, 5.74) is 1.46. The normalized spacial score (nSPS) is 12.2. The number of phenolic OH excluding ortho intramolecular Hbond substituents is 1. The van der Waals surface area contributed by atoms with Crippen molar-refractivity contribution < 1.29 is 14.6 Å². The number of benzene rings is 2. The molecule has 0 saturated heterocycles. The highest BCUT2D eigenvalue weighted by atomic mass is 79.9. The highest BCUT2D eigenvalue weighted by Gasteiger charge is 2.15. The molecule has 0 spiro atoms. The Morgan fingerprint density at radius 3 is 2.64 bits per heavy atom. The Balaban J connectivity index is 2.24. The molecule has 0 radical (unpaired) electrons. The summed E-state index contributed by atoms with van der Waals surface area (Å²) in [6.07, 6.45) is 1.44. The SMILES string of the molecule is COc1cc(C=C(C#N)C(=O)NC(C)c2ccccc2)cc(Br)c1O. The number of nitrogens with one attached hydrogen (secondary N) is 1. The summed E-state index contributed by atoms with van der Waals surface area (Å²) < 4.78 is 5.48. The summed E-state index contributed by atoms with van der Waals surface area (Å²) in [6.45, 7) is 1.85. The molecule has 1 amide bonds. The molecule has 0 bridgehead atoms. The average Bonchev–Trinajstić information content (AvgIpc) is 2.62. The Morgan fingerprint density at radius 2 is 2.04 bits per heavy atom. The lowest BCUT2D eigenvalue weighted by Crippen LogP contribution is -2.27. The highest BCUT2D eigenvalue weighted by molar-refractivity contribution is 9.10. The van der Waals surface area contributed by atoms with Gasteiger partial charge in [0.15, 0.2) is 11.5 Å². The largest absolute Gasteiger partial charge is 0.503 e. The van der Waals surface area contributed by atoms with Gasteiger partial charge in [0.1, 0.15) is 11.6 Å². The molecule has 2 N–H and O–H groups in total. The zero-order valence-corrected chi connectivity index (χ0v) is 15.4. The number of hydrogen-bond donors (Lipinski definition) is 2. The van der Waals surface area contributed by atoms with E-state index in [1.54, 1.807) is 12.1 Å². The first-order chi connectivity index (χ1) is 12.0. The minimum Gasteiger partial charge on any atom is -0.503 e. The summed E-state index contributed by atoms with van der Waals surface area (Å²) in [5, 5.41) is 22.0. The zero-order valence-electron chi connectivity index (χ0n) is 13.8. The lowest BCUT2D eigenvalue weighted by atomic mass is 10.1. The van der Waals surface area contributed by atoms with Gasteiger partial charge in [-0.2, -0.15) is 5.26 Å². The van der Waals surface area contributed by atoms with Crippen LogP contribution in [0.15, 0.2) is 52.5 Å². The summed E-state index contributed by atoms with van der Waals surface area (Å²) >= 11 is 3.21. The predicted octanol–water partition coefficient (Wildman–Crippen LogP) is 3.95. The molecule has 0 aliphatic carbocycles. The first-order valence-corrected chi connectivity index (χ1v) is 8.29. The number of carbonyl (C=O) groups excluding carboxylic acids is 1. The van der Waals surface area contributed by atoms with Crippen LogP contribution in [0.25, 0.3) is 6.08 Å². The van der Waals surface area contributed by atoms with E-state index in [0.29, 0.717) is 10.0 Å². The smallest absolute Gasteiger partial charge is 0.262 e. The van der Waals surface area contributed by atoms with Crippen molar-refractivity contribution in [3.8, 4) is 17.6 Å². The van der Waals surface area contributed by atoms with E-state index < -0.39 is 5.91 Å². The van der Waals surface area contributed by atoms with E-state index in [1.807, 2.05) is 43.3 Å². The second-order valence-electron chi connectivity index (χ2n) is 5.33. The fraction of sp³-hybridized carbons (Fsp3) is 0.158. The number of aromatic hydroxyl groups is 1. The van der Waals surface area contributed by atoms with E-state index in [4.69, 9.17) is 4.74 Å². The molecule has 6 heteroatoms. The lowest BCUT2D eigenvalue weighted by molar-refractivity contribution is -0.117. The minimum absolute atomic E-state index is 0.0394. The van der Waals surface area contributed by atoms with E-state index in [2.05, 4.69) is 21.2 Å². The van der Waals surface area contributed by atoms with Crippen molar-refractivity contribution >= 4 is 27.9 Å². The van der Waals surface area contributed by atoms with Crippen LogP contribution in [0.5, 0.6) is 11.5 Å². The number of halogens is 1. The highest BCUT2D eigenvalue weighted by Crippen LogP contribution is 2.35. The van der Waals surface area contributed by atoms with Gasteiger partial charge < -0.3 is 15.2 Å². The Hall–Kier alpha value is -2.78. The monoisotopic (exact) mass is 400 g/mol. The molecule has 1 atom stereocenters. The van der Waals surface area contributed by atoms with Crippen molar-refractivity contribution in [2.75, 3.05) is 7.11 Å². The molecule has 0 heterocycles. The number of hydrogen-bond acceptors (Lipinski definition) is 4. The molecule has 0 fully saturated rings. The Labute approximate surface area is 154 Å². The van der Waals surface area contributed by atoms with Crippen LogP contribution >= 0.6 is 15.9 Å². The van der Waals surface area contributed by atoms with E-state index >= 15 is 0 Å². The van der Waals surface area contributed by atoms with Crippen LogP contribution in [0.4, 0.5) is 0 Å². The third-order valence-corrected chi connectivity index (χ3v) is 4.20. The van der Waals surface area contributed by atoms with Crippen molar-refractivity contribution in [3.63, 3.8) is 0 Å². The third-order valence-electron chi connectivity index (χ3n) is 3.59. The van der Waals surface area contributed by atoms with Gasteiger partial charge in [0.25, 0.3) is 5.91 Å². The Kier molecular flexibility index (Phi) is 6.20. The maximum absolute atomic E-state index is 12.4. The maximum atomic E-state index is 12.4. The van der Waals surface area contributed by atoms with Gasteiger partial charge in [-0.25, -0.2) is 0 Å². The number of nitriles is 1. The predicted molar refractivity (Wildman–Crippen MR) is 98.9 cm³/mol. The second-order valence-corrected chi connectivity index (χ2v) is 6.18. The van der Waals surface area contributed by atoms with Crippen LogP contribution in [-0.4, -0.2) is 18.1 Å². The number of ether oxygens (including phenoxy) is 1. The number of amides is 1. The van der Waals surface area contributed by atoms with E-state index in [1.165, 1.54) is 13.2 Å². The molecule has 0 aliphatic rings. The third kappa shape index (κ3) is 4.61. The van der Waals surface area contributed by atoms with E-state index in [0.717, 1.165) is 5.56 Å². The van der Waals surface area contributed by atoms with Crippen LogP contribution in [0, 0.1) is 11.3 Å². The van der Waals surface area contributed by atoms with Crippen LogP contribution in [0.3, 0.4) is 0 Å². The van der Waals surface area contributed by atoms with Gasteiger partial charge in [-0.1, -0.05) is 30.3 Å². The first kappa shape index (κ1) is 18.6. The van der Waals surface area contributed by atoms with Crippen molar-refractivity contribution in [2.24, 2.45) is 0 Å². The second kappa shape index (κ2) is 8.36. The summed E-state index contributed by atoms with van der Waals surface area (Å²) in [7, 11) is 1.43. The van der Waals surface area contributed by atoms with Crippen LogP contribution in [-0.2, 0) is 4.79 Å². The molecule has 5 nitrogen and oxygen atoms in total. The quantitative estimate of drug-likeness (QED) is 0.587. The van der Waals surface area contributed by atoms with Crippen molar-refractivity contribution in [2.45, 2.75) is 13.0 Å². The van der Waals surface area contributed by atoms with Crippen LogP contribution < -0.4 is 10.1 Å². The van der Waals surface area contributed by atoms with Crippen molar-refractivity contribution in [1.29, 1.82) is 5.26 Å². The average molecular weight is 401 g/mol. The standard InChI is InChI=1S/C19H17BrN2O3/c1-12(14-6-4-3-5-7-14)22-19(24)15(11-21)8-13-9-16(20)18(23)17(10-13)25-2/h3-10,12,23H,1-2H3,(H,22,24). The van der Waals surface area contributed by atoms with Gasteiger partial charge >= 0.3 is 0 Å². The number of carbonyl (C=O) groups is 1. The molecule has 0 aliphatic heterocycles. The molecule has 2 rings (SSSR count). The summed E-state index contributed by atoms with van der Waals surface area (Å²) in [4.78, 5) is 12.4. The molecule has 128 valence electrons. The topological polar surface area (TPSA) is 82.3 Å². The van der Waals surface area contributed by atoms with Gasteiger partial charge in [0, 0.05) is 0 Å². The molecule has 0 saturated carbocycles. The first-order valence-electron chi connectivity index (χ1n) is 7.50. The lowest BCUT2D eigenvalue weighted by Gasteiger charge is -2.14. The number of phenols is 1. The van der Waals surface area contributed by atoms with Gasteiger partial charge in [-0.05, 0) is 52.2 Å². The minimum atomic E-state index is -0.470. The van der Waals surface area contributed by atoms with Gasteiger partial charge in [-0.3, -0.25) is 4.79 Å². The fourth-order valence-corrected chi connectivity index (χ4v) is 2.71. The van der Waals surface area contributed by atoms with Crippen molar-refractivity contribution in [1.82, 2.24) is 5.32 Å². The maximum Gasteiger partial charge on any atom is 0.262 e. The zero-order chi connectivity index (χ0) is 18.4. The number of nitrogens with zero attached hydrogens (tertiary/aromatic N) is 1. The van der Waals surface area contributed by atoms with Crippen LogP contribution in [0.2, 0.25) is 0 Å². The molecule has 2 aromatic carbocycles. The number of rotatable bonds is 5. The summed E-state index contributed by atoms with van der Waals surface area (Å²) in [6, 6.07) is 14.3. The molecular weight excluding hydrogens is 384 g/mol. The van der Waals surface area contributed by atoms with Gasteiger partial charge in [0.05, 0.1) is 17.6 Å². The number of methoxy groups -OCH3 is 1. The van der Waals surface area contributed by atoms with Gasteiger partial charge in [-0.15, -0.1) is 0 Å². The molecular formula is C19H17BrN2O3. The Bertz CT molecular complexity index is 842.